The quantitative estimate of drug-likeness (QED) is 0.0146. The van der Waals surface area contributed by atoms with E-state index in [1.54, 1.807) is 0 Å². The number of benzene rings is 8. The summed E-state index contributed by atoms with van der Waals surface area (Å²) in [6, 6.07) is 27.9. The third-order valence-corrected chi connectivity index (χ3v) is 16.6. The van der Waals surface area contributed by atoms with E-state index in [-0.39, 0.29) is 115 Å². The number of halogens is 2. The van der Waals surface area contributed by atoms with Crippen molar-refractivity contribution in [1.82, 2.24) is 29.9 Å². The number of hydrogen-bond acceptors (Lipinski definition) is 26. The van der Waals surface area contributed by atoms with E-state index >= 15 is 0 Å². The van der Waals surface area contributed by atoms with Crippen LogP contribution in [0.25, 0.3) is 33.7 Å². The molecule has 0 saturated carbocycles. The predicted octanol–water partition coefficient (Wildman–Crippen LogP) is 11.7. The largest absolute Gasteiger partial charge is 1.00 e. The molecule has 94 heavy (non-hydrogen) atoms. The third-order valence-electron chi connectivity index (χ3n) is 12.7. The molecule has 0 unspecified atom stereocenters. The average Bonchev–Trinajstić information content (AvgIpc) is 0.775. The molecular formula is C54H38Cl2Cr2N14O18S4+2. The number of carboxylic acid groups (broad SMARTS) is 2. The predicted molar refractivity (Wildman–Crippen MR) is 332 cm³/mol. The molecule has 0 amide bonds. The van der Waals surface area contributed by atoms with Crippen molar-refractivity contribution in [3.8, 4) is 11.5 Å². The van der Waals surface area contributed by atoms with Crippen LogP contribution in [0.4, 0.5) is 69.3 Å². The van der Waals surface area contributed by atoms with Crippen LogP contribution in [0.2, 0.25) is 10.6 Å². The molecule has 2 heterocycles. The molecule has 0 radical (unpaired) electrons. The van der Waals surface area contributed by atoms with Gasteiger partial charge in [0.05, 0.1) is 22.5 Å². The second-order valence-corrected chi connectivity index (χ2v) is 25.0. The minimum Gasteiger partial charge on any atom is -0.505 e. The van der Waals surface area contributed by atoms with Gasteiger partial charge in [0.1, 0.15) is 53.8 Å². The summed E-state index contributed by atoms with van der Waals surface area (Å²) in [5.74, 6) is -6.00. The fraction of sp³-hybridized carbons (Fsp3) is 0. The van der Waals surface area contributed by atoms with Gasteiger partial charge >= 0.3 is 14.8 Å². The first-order valence-corrected chi connectivity index (χ1v) is 31.7. The maximum absolute atomic E-state index is 12.8. The van der Waals surface area contributed by atoms with E-state index in [4.69, 9.17) is 23.2 Å². The van der Waals surface area contributed by atoms with E-state index in [2.05, 4.69) is 71.6 Å². The van der Waals surface area contributed by atoms with Crippen molar-refractivity contribution in [2.45, 2.75) is 19.6 Å². The van der Waals surface area contributed by atoms with Gasteiger partial charge in [0, 0.05) is 56.9 Å². The van der Waals surface area contributed by atoms with E-state index < -0.39 is 129 Å². The molecule has 10 aromatic rings. The second kappa shape index (κ2) is 27.8. The van der Waals surface area contributed by atoms with Crippen molar-refractivity contribution >= 4 is 179 Å². The third kappa shape index (κ3) is 16.2. The minimum absolute atomic E-state index is 0. The van der Waals surface area contributed by atoms with Crippen molar-refractivity contribution in [2.75, 3.05) is 21.3 Å². The molecule has 0 spiro atoms. The summed E-state index contributed by atoms with van der Waals surface area (Å²) in [5, 5.41) is 66.9. The van der Waals surface area contributed by atoms with Crippen LogP contribution in [0.15, 0.2) is 173 Å². The molecule has 0 aliphatic rings. The van der Waals surface area contributed by atoms with Gasteiger partial charge in [0.25, 0.3) is 40.5 Å². The van der Waals surface area contributed by atoms with Crippen molar-refractivity contribution < 1.29 is 119 Å². The Hall–Kier alpha value is -9.74. The summed E-state index contributed by atoms with van der Waals surface area (Å²) < 4.78 is 144. The zero-order chi connectivity index (χ0) is 66.2. The first-order chi connectivity index (χ1) is 43.4. The van der Waals surface area contributed by atoms with Crippen LogP contribution in [-0.4, -0.2) is 114 Å². The Labute approximate surface area is 563 Å². The van der Waals surface area contributed by atoms with Crippen LogP contribution in [0, 0.1) is 0 Å². The molecule has 32 nitrogen and oxygen atoms in total. The fourth-order valence-electron chi connectivity index (χ4n) is 8.71. The maximum Gasteiger partial charge on any atom is 1.00 e. The number of anilines is 8. The van der Waals surface area contributed by atoms with Crippen molar-refractivity contribution in [2.24, 2.45) is 20.5 Å². The van der Waals surface area contributed by atoms with Crippen LogP contribution in [-0.2, 0) is 75.2 Å². The number of rotatable bonds is 20. The number of nitrogens with zero attached hydrogens (tertiary/aromatic N) is 10. The van der Waals surface area contributed by atoms with Gasteiger partial charge in [-0.3, -0.25) is 18.2 Å². The smallest absolute Gasteiger partial charge is 0.505 e. The summed E-state index contributed by atoms with van der Waals surface area (Å²) in [6.45, 7) is 0. The van der Waals surface area contributed by atoms with Gasteiger partial charge in [-0.1, -0.05) is 48.6 Å². The summed E-state index contributed by atoms with van der Waals surface area (Å²) in [7, 11) is -20.6. The number of aromatic carboxylic acids is 2. The van der Waals surface area contributed by atoms with Crippen molar-refractivity contribution in [3.05, 3.63) is 166 Å². The van der Waals surface area contributed by atoms with E-state index in [1.165, 1.54) is 97.1 Å². The summed E-state index contributed by atoms with van der Waals surface area (Å²) in [5.41, 5.74) is -2.22. The van der Waals surface area contributed by atoms with Crippen LogP contribution < -0.4 is 21.3 Å². The molecule has 0 aliphatic carbocycles. The van der Waals surface area contributed by atoms with Crippen LogP contribution in [0.5, 0.6) is 11.5 Å². The van der Waals surface area contributed by atoms with Gasteiger partial charge < -0.3 is 41.7 Å². The number of fused-ring (bicyclic) bond motifs is 2. The molecule has 40 heteroatoms. The summed E-state index contributed by atoms with van der Waals surface area (Å²) in [6.07, 6.45) is 2.12. The number of aromatic hydroxyl groups is 2. The summed E-state index contributed by atoms with van der Waals surface area (Å²) in [4.78, 5) is 43.8. The Balaban J connectivity index is 0.00000364. The van der Waals surface area contributed by atoms with Crippen molar-refractivity contribution in [1.29, 1.82) is 0 Å². The fourth-order valence-corrected chi connectivity index (χ4v) is 11.8. The van der Waals surface area contributed by atoms with E-state index in [0.29, 0.717) is 0 Å². The Kier molecular flexibility index (Phi) is 20.8. The second-order valence-electron chi connectivity index (χ2n) is 18.8. The molecule has 0 saturated heterocycles. The molecule has 8 aromatic carbocycles. The monoisotopic (exact) mass is 1470 g/mol. The SMILES string of the molecule is O=C(O)c1ccccc1N=Nc1ccc2c(O)c(Nc3nc(Cl)nc(Nc4ccc(/C=C/c5ccc(Nc6nc(Cl)nc(Nc7c(S(=O)(=O)O)cc8cc(N=Nc9ccccc9C(=O)O)ccc8c7O)n6)cc5S(=O)(=O)O)c(S(=O)(=O)O)c4)n3)c(S(=O)(=O)O)cc2c1.[Cr].[Cr].[H+].[H+]. The standard InChI is InChI=1S/C54H36Cl2N14O18S4.2Cr/c55-49-61-51(65-53(63-49)59-43-41(91(83,84)85)21-27-19-31(15-17-33(27)45(43)71)67-69-37-7-3-1-5-35(37)47(73)74)57-29-13-11-25(39(23-29)89(77,78)79)9-10-26-12-14-30(24-40(26)90(80,81)82)58-52-62-50(56)64-54(66-52)60-44-42(92(86,87)88)22-28-20-32(16-18-34(28)46(44)72)68-70-38-8-4-2-6-36(38)48(75)76;;/h1-24,71-72H,(H,73,74)(H,75,76)(H,77,78,79)(H,80,81,82)(H,83,84,85)(H,86,87,88)(H2,57,59,61,63,65)(H2,58,60,62,64,66);;/p+2/b10-9+,69-67?,70-68?;;. The Morgan fingerprint density at radius 3 is 1.11 bits per heavy atom. The van der Waals surface area contributed by atoms with Gasteiger partial charge in [-0.15, -0.1) is 10.2 Å². The Bertz CT molecular complexity index is 5040. The number of carbonyl (C=O) groups is 2. The van der Waals surface area contributed by atoms with Gasteiger partial charge in [-0.25, -0.2) is 9.59 Å². The first kappa shape index (κ1) is 70.1. The van der Waals surface area contributed by atoms with E-state index in [9.17, 15) is 81.9 Å². The molecule has 0 fully saturated rings. The van der Waals surface area contributed by atoms with Crippen LogP contribution in [0.3, 0.4) is 0 Å². The molecular weight excluding hydrogens is 1440 g/mol. The van der Waals surface area contributed by atoms with Crippen molar-refractivity contribution in [3.63, 3.8) is 0 Å². The maximum atomic E-state index is 12.8. The zero-order valence-electron chi connectivity index (χ0n) is 48.2. The van der Waals surface area contributed by atoms with Crippen LogP contribution in [0.1, 0.15) is 34.7 Å². The number of nitrogens with one attached hydrogen (secondary N) is 4. The molecule has 2 aromatic heterocycles. The van der Waals surface area contributed by atoms with Gasteiger partial charge in [-0.2, -0.15) is 73.8 Å². The summed E-state index contributed by atoms with van der Waals surface area (Å²) >= 11 is 12.4. The molecule has 0 atom stereocenters. The minimum atomic E-state index is -5.16. The first-order valence-electron chi connectivity index (χ1n) is 25.2. The van der Waals surface area contributed by atoms with Gasteiger partial charge in [0.2, 0.25) is 34.4 Å². The normalized spacial score (nSPS) is 12.0. The molecule has 480 valence electrons. The number of phenols is 2. The van der Waals surface area contributed by atoms with Crippen LogP contribution >= 0.6 is 23.2 Å². The van der Waals surface area contributed by atoms with Gasteiger partial charge in [0.15, 0.2) is 0 Å². The number of phenolic OH excluding ortho intramolecular Hbond substituents is 2. The van der Waals surface area contributed by atoms with E-state index in [1.807, 2.05) is 0 Å². The van der Waals surface area contributed by atoms with Gasteiger partial charge in [-0.05, 0) is 142 Å². The molecule has 0 bridgehead atoms. The molecule has 10 rings (SSSR count). The number of aromatic nitrogens is 6. The number of hydrogen-bond donors (Lipinski definition) is 12. The molecule has 0 aliphatic heterocycles. The molecule has 12 N–H and O–H groups in total. The number of azo groups is 2. The Morgan fingerprint density at radius 2 is 0.766 bits per heavy atom. The average molecular weight is 1470 g/mol. The van der Waals surface area contributed by atoms with E-state index in [0.717, 1.165) is 48.6 Å². The number of carboxylic acids is 2. The Morgan fingerprint density at radius 1 is 0.426 bits per heavy atom. The topological polar surface area (TPSA) is 507 Å². The zero-order valence-corrected chi connectivity index (χ0v) is 53.5.